The average molecular weight is 508 g/mol. The van der Waals surface area contributed by atoms with E-state index in [9.17, 15) is 14.4 Å². The van der Waals surface area contributed by atoms with Crippen molar-refractivity contribution >= 4 is 34.6 Å². The number of esters is 1. The summed E-state index contributed by atoms with van der Waals surface area (Å²) in [6.07, 6.45) is 0. The number of β-lactam (4-membered cyclic amide) rings is 1. The van der Waals surface area contributed by atoms with E-state index in [1.54, 1.807) is 60.2 Å². The Balaban J connectivity index is 1.39. The standard InChI is InChI=1S/C27H25NO7S/c1-16-25(30)28-24(26(31)34-13-17-4-8-20(32-3)9-5-17)19(15-36-27(16,28)2)14-33-21-10-6-18-7-11-23(29)35-22(18)12-21/h4-12,16H,13-15H2,1-3H3. The summed E-state index contributed by atoms with van der Waals surface area (Å²) < 4.78 is 22.0. The fourth-order valence-corrected chi connectivity index (χ4v) is 5.68. The molecule has 1 saturated heterocycles. The molecular weight excluding hydrogens is 482 g/mol. The molecule has 5 rings (SSSR count). The average Bonchev–Trinajstić information content (AvgIpc) is 2.90. The smallest absolute Gasteiger partial charge is 0.355 e. The monoisotopic (exact) mass is 507 g/mol. The van der Waals surface area contributed by atoms with Crippen LogP contribution in [0, 0.1) is 5.92 Å². The molecule has 1 fully saturated rings. The number of methoxy groups -OCH3 is 1. The van der Waals surface area contributed by atoms with Crippen molar-refractivity contribution in [3.8, 4) is 11.5 Å². The van der Waals surface area contributed by atoms with Crippen LogP contribution < -0.4 is 15.1 Å². The third-order valence-electron chi connectivity index (χ3n) is 6.67. The highest BCUT2D eigenvalue weighted by molar-refractivity contribution is 8.01. The summed E-state index contributed by atoms with van der Waals surface area (Å²) in [5.41, 5.74) is 1.66. The zero-order chi connectivity index (χ0) is 25.4. The number of thioether (sulfide) groups is 1. The number of fused-ring (bicyclic) bond motifs is 2. The van der Waals surface area contributed by atoms with Gasteiger partial charge in [0.25, 0.3) is 0 Å². The molecule has 0 bridgehead atoms. The first kappa shape index (κ1) is 24.0. The summed E-state index contributed by atoms with van der Waals surface area (Å²) in [7, 11) is 1.59. The molecule has 186 valence electrons. The first-order valence-corrected chi connectivity index (χ1v) is 12.5. The Morgan fingerprint density at radius 3 is 2.56 bits per heavy atom. The molecule has 1 aromatic heterocycles. The van der Waals surface area contributed by atoms with Crippen molar-refractivity contribution in [3.63, 3.8) is 0 Å². The molecular formula is C27H25NO7S. The topological polar surface area (TPSA) is 95.3 Å². The van der Waals surface area contributed by atoms with Gasteiger partial charge in [0.05, 0.1) is 13.0 Å². The van der Waals surface area contributed by atoms with Crippen LogP contribution in [0.3, 0.4) is 0 Å². The summed E-state index contributed by atoms with van der Waals surface area (Å²) in [5.74, 6) is 0.808. The SMILES string of the molecule is COc1ccc(COC(=O)C2=C(COc3ccc4ccc(=O)oc4c3)CSC3(C)C(C)C(=O)N23)cc1. The van der Waals surface area contributed by atoms with Gasteiger partial charge in [-0.1, -0.05) is 19.1 Å². The van der Waals surface area contributed by atoms with E-state index in [-0.39, 0.29) is 30.7 Å². The number of rotatable bonds is 7. The molecule has 1 amide bonds. The lowest BCUT2D eigenvalue weighted by Gasteiger charge is -2.56. The highest BCUT2D eigenvalue weighted by Crippen LogP contribution is 2.52. The van der Waals surface area contributed by atoms with Gasteiger partial charge in [-0.3, -0.25) is 9.69 Å². The normalized spacial score (nSPS) is 21.1. The molecule has 3 heterocycles. The number of nitrogens with zero attached hydrogens (tertiary/aromatic N) is 1. The Morgan fingerprint density at radius 1 is 1.08 bits per heavy atom. The molecule has 2 unspecified atom stereocenters. The summed E-state index contributed by atoms with van der Waals surface area (Å²) in [6, 6.07) is 15.5. The Kier molecular flexibility index (Phi) is 6.26. The molecule has 3 aromatic rings. The second-order valence-electron chi connectivity index (χ2n) is 8.86. The van der Waals surface area contributed by atoms with Gasteiger partial charge in [0.1, 0.15) is 40.9 Å². The first-order valence-electron chi connectivity index (χ1n) is 11.5. The van der Waals surface area contributed by atoms with Gasteiger partial charge in [-0.05, 0) is 42.8 Å². The van der Waals surface area contributed by atoms with Crippen molar-refractivity contribution in [2.45, 2.75) is 25.3 Å². The first-order chi connectivity index (χ1) is 17.3. The van der Waals surface area contributed by atoms with E-state index >= 15 is 0 Å². The number of carbonyl (C=O) groups is 2. The quantitative estimate of drug-likeness (QED) is 0.268. The maximum Gasteiger partial charge on any atom is 0.355 e. The van der Waals surface area contributed by atoms with Crippen LogP contribution in [0.4, 0.5) is 0 Å². The van der Waals surface area contributed by atoms with E-state index in [4.69, 9.17) is 18.6 Å². The maximum absolute atomic E-state index is 13.3. The molecule has 0 aliphatic carbocycles. The van der Waals surface area contributed by atoms with Crippen molar-refractivity contribution in [3.05, 3.63) is 81.9 Å². The largest absolute Gasteiger partial charge is 0.497 e. The molecule has 9 heteroatoms. The second-order valence-corrected chi connectivity index (χ2v) is 10.3. The highest BCUT2D eigenvalue weighted by Gasteiger charge is 2.60. The summed E-state index contributed by atoms with van der Waals surface area (Å²) in [4.78, 5) is 38.7. The number of carbonyl (C=O) groups excluding carboxylic acids is 2. The van der Waals surface area contributed by atoms with Crippen molar-refractivity contribution in [2.75, 3.05) is 19.5 Å². The van der Waals surface area contributed by atoms with Crippen LogP contribution in [-0.4, -0.2) is 41.1 Å². The Bertz CT molecular complexity index is 1430. The van der Waals surface area contributed by atoms with E-state index in [0.29, 0.717) is 28.4 Å². The lowest BCUT2D eigenvalue weighted by Crippen LogP contribution is -2.68. The van der Waals surface area contributed by atoms with Crippen LogP contribution in [0.25, 0.3) is 11.0 Å². The maximum atomic E-state index is 13.3. The van der Waals surface area contributed by atoms with Crippen molar-refractivity contribution in [1.82, 2.24) is 4.90 Å². The zero-order valence-corrected chi connectivity index (χ0v) is 20.9. The minimum atomic E-state index is -0.569. The van der Waals surface area contributed by atoms with Gasteiger partial charge in [-0.25, -0.2) is 9.59 Å². The van der Waals surface area contributed by atoms with E-state index in [1.165, 1.54) is 6.07 Å². The molecule has 2 aliphatic heterocycles. The molecule has 8 nitrogen and oxygen atoms in total. The number of amides is 1. The Morgan fingerprint density at radius 2 is 1.81 bits per heavy atom. The lowest BCUT2D eigenvalue weighted by molar-refractivity contribution is -0.160. The fourth-order valence-electron chi connectivity index (χ4n) is 4.34. The van der Waals surface area contributed by atoms with Crippen LogP contribution in [0.1, 0.15) is 19.4 Å². The molecule has 2 atom stereocenters. The van der Waals surface area contributed by atoms with Crippen molar-refractivity contribution in [1.29, 1.82) is 0 Å². The van der Waals surface area contributed by atoms with Crippen molar-refractivity contribution < 1.29 is 28.2 Å². The molecule has 2 aliphatic rings. The molecule has 0 spiro atoms. The van der Waals surface area contributed by atoms with Gasteiger partial charge in [0, 0.05) is 28.8 Å². The van der Waals surface area contributed by atoms with Gasteiger partial charge in [0.2, 0.25) is 5.91 Å². The highest BCUT2D eigenvalue weighted by atomic mass is 32.2. The van der Waals surface area contributed by atoms with E-state index in [0.717, 1.165) is 10.9 Å². The van der Waals surface area contributed by atoms with Crippen LogP contribution >= 0.6 is 11.8 Å². The van der Waals surface area contributed by atoms with Gasteiger partial charge in [0.15, 0.2) is 0 Å². The van der Waals surface area contributed by atoms with Crippen LogP contribution in [0.2, 0.25) is 0 Å². The van der Waals surface area contributed by atoms with Gasteiger partial charge >= 0.3 is 11.6 Å². The van der Waals surface area contributed by atoms with Crippen LogP contribution in [0.15, 0.2) is 75.1 Å². The summed E-state index contributed by atoms with van der Waals surface area (Å²) in [6.45, 7) is 3.97. The van der Waals surface area contributed by atoms with Gasteiger partial charge in [-0.15, -0.1) is 11.8 Å². The lowest BCUT2D eigenvalue weighted by atomic mass is 9.87. The third kappa shape index (κ3) is 4.24. The van der Waals surface area contributed by atoms with Crippen LogP contribution in [0.5, 0.6) is 11.5 Å². The molecule has 0 saturated carbocycles. The van der Waals surface area contributed by atoms with Gasteiger partial charge in [-0.2, -0.15) is 0 Å². The number of benzene rings is 2. The number of ether oxygens (including phenoxy) is 3. The molecule has 36 heavy (non-hydrogen) atoms. The van der Waals surface area contributed by atoms with Crippen LogP contribution in [-0.2, 0) is 20.9 Å². The van der Waals surface area contributed by atoms with Crippen molar-refractivity contribution in [2.24, 2.45) is 5.92 Å². The minimum absolute atomic E-state index is 0.0611. The second kappa shape index (κ2) is 9.39. The predicted octanol–water partition coefficient (Wildman–Crippen LogP) is 4.12. The molecule has 0 radical (unpaired) electrons. The Labute approximate surface area is 211 Å². The predicted molar refractivity (Wildman–Crippen MR) is 135 cm³/mol. The summed E-state index contributed by atoms with van der Waals surface area (Å²) in [5, 5.41) is 0.771. The van der Waals surface area contributed by atoms with E-state index in [1.807, 2.05) is 26.0 Å². The summed E-state index contributed by atoms with van der Waals surface area (Å²) >= 11 is 1.60. The number of hydrogen-bond acceptors (Lipinski definition) is 8. The van der Waals surface area contributed by atoms with Gasteiger partial charge < -0.3 is 18.6 Å². The Hall–Kier alpha value is -3.72. The van der Waals surface area contributed by atoms with E-state index < -0.39 is 16.5 Å². The van der Waals surface area contributed by atoms with E-state index in [2.05, 4.69) is 0 Å². The number of hydrogen-bond donors (Lipinski definition) is 0. The third-order valence-corrected chi connectivity index (χ3v) is 8.28. The fraction of sp³-hybridized carbons (Fsp3) is 0.296. The zero-order valence-electron chi connectivity index (χ0n) is 20.1. The molecule has 0 N–H and O–H groups in total. The molecule has 2 aromatic carbocycles. The minimum Gasteiger partial charge on any atom is -0.497 e.